The second-order valence-electron chi connectivity index (χ2n) is 4.94. The van der Waals surface area contributed by atoms with Gasteiger partial charge in [0.1, 0.15) is 0 Å². The Morgan fingerprint density at radius 2 is 1.81 bits per heavy atom. The zero-order valence-electron chi connectivity index (χ0n) is 9.86. The fourth-order valence-electron chi connectivity index (χ4n) is 2.26. The molecular weight excluding hydrogens is 202 g/mol. The molecule has 2 atom stereocenters. The summed E-state index contributed by atoms with van der Waals surface area (Å²) in [5.41, 5.74) is 7.96. The highest BCUT2D eigenvalue weighted by molar-refractivity contribution is 5.89. The fourth-order valence-corrected chi connectivity index (χ4v) is 2.26. The number of methoxy groups -OCH3 is 1. The van der Waals surface area contributed by atoms with E-state index in [0.717, 1.165) is 0 Å². The van der Waals surface area contributed by atoms with Crippen LogP contribution in [0.3, 0.4) is 0 Å². The van der Waals surface area contributed by atoms with Gasteiger partial charge < -0.3 is 10.5 Å². The van der Waals surface area contributed by atoms with Gasteiger partial charge in [-0.1, -0.05) is 26.0 Å². The Labute approximate surface area is 95.6 Å². The Bertz CT molecular complexity index is 408. The minimum atomic E-state index is -0.300. The van der Waals surface area contributed by atoms with Gasteiger partial charge >= 0.3 is 5.97 Å². The summed E-state index contributed by atoms with van der Waals surface area (Å²) in [6, 6.07) is 7.73. The number of esters is 1. The Kier molecular flexibility index (Phi) is 2.50. The third-order valence-electron chi connectivity index (χ3n) is 3.60. The Hall–Kier alpha value is -1.35. The first-order chi connectivity index (χ1) is 7.48. The zero-order chi connectivity index (χ0) is 11.9. The average molecular weight is 219 g/mol. The van der Waals surface area contributed by atoms with Crippen molar-refractivity contribution in [3.8, 4) is 0 Å². The van der Waals surface area contributed by atoms with E-state index in [1.165, 1.54) is 12.7 Å². The lowest BCUT2D eigenvalue weighted by atomic mass is 10.0. The molecule has 1 aliphatic rings. The molecule has 1 saturated carbocycles. The summed E-state index contributed by atoms with van der Waals surface area (Å²) in [6.07, 6.45) is 0. The third-order valence-corrected chi connectivity index (χ3v) is 3.60. The average Bonchev–Trinajstić information content (AvgIpc) is 2.77. The van der Waals surface area contributed by atoms with Crippen LogP contribution in [-0.4, -0.2) is 19.1 Å². The van der Waals surface area contributed by atoms with Crippen LogP contribution in [0.25, 0.3) is 0 Å². The highest BCUT2D eigenvalue weighted by Gasteiger charge is 2.55. The van der Waals surface area contributed by atoms with Crippen LogP contribution in [0.2, 0.25) is 0 Å². The van der Waals surface area contributed by atoms with Crippen molar-refractivity contribution in [2.24, 2.45) is 11.1 Å². The van der Waals surface area contributed by atoms with E-state index in [9.17, 15) is 4.79 Å². The minimum absolute atomic E-state index is 0.173. The van der Waals surface area contributed by atoms with E-state index in [2.05, 4.69) is 18.6 Å². The molecule has 0 aromatic heterocycles. The molecule has 0 bridgehead atoms. The molecule has 0 aliphatic heterocycles. The highest BCUT2D eigenvalue weighted by Crippen LogP contribution is 2.57. The maximum Gasteiger partial charge on any atom is 0.337 e. The lowest BCUT2D eigenvalue weighted by Gasteiger charge is -2.04. The van der Waals surface area contributed by atoms with Crippen molar-refractivity contribution < 1.29 is 9.53 Å². The van der Waals surface area contributed by atoms with Gasteiger partial charge in [-0.3, -0.25) is 0 Å². The number of ether oxygens (including phenoxy) is 1. The van der Waals surface area contributed by atoms with Crippen molar-refractivity contribution >= 4 is 5.97 Å². The van der Waals surface area contributed by atoms with E-state index in [4.69, 9.17) is 5.73 Å². The molecule has 86 valence electrons. The van der Waals surface area contributed by atoms with E-state index in [1.54, 1.807) is 12.1 Å². The van der Waals surface area contributed by atoms with Crippen LogP contribution in [0.1, 0.15) is 35.7 Å². The van der Waals surface area contributed by atoms with Crippen LogP contribution >= 0.6 is 0 Å². The van der Waals surface area contributed by atoms with Crippen molar-refractivity contribution in [2.75, 3.05) is 7.11 Å². The second-order valence-corrected chi connectivity index (χ2v) is 4.94. The van der Waals surface area contributed by atoms with Crippen LogP contribution in [0.15, 0.2) is 24.3 Å². The molecule has 2 rings (SSSR count). The SMILES string of the molecule is COC(=O)c1ccc([C@@H]2[C@@H](N)C2(C)C)cc1. The first kappa shape index (κ1) is 11.1. The first-order valence-electron chi connectivity index (χ1n) is 5.42. The van der Waals surface area contributed by atoms with E-state index in [0.29, 0.717) is 11.5 Å². The molecule has 0 heterocycles. The largest absolute Gasteiger partial charge is 0.465 e. The first-order valence-corrected chi connectivity index (χ1v) is 5.42. The molecule has 3 heteroatoms. The minimum Gasteiger partial charge on any atom is -0.465 e. The molecule has 3 nitrogen and oxygen atoms in total. The summed E-state index contributed by atoms with van der Waals surface area (Å²) in [7, 11) is 1.39. The predicted octanol–water partition coefficient (Wildman–Crippen LogP) is 1.92. The van der Waals surface area contributed by atoms with E-state index >= 15 is 0 Å². The summed E-state index contributed by atoms with van der Waals surface area (Å²) in [4.78, 5) is 11.3. The van der Waals surface area contributed by atoms with Crippen molar-refractivity contribution in [2.45, 2.75) is 25.8 Å². The van der Waals surface area contributed by atoms with Crippen molar-refractivity contribution in [1.82, 2.24) is 0 Å². The molecule has 1 aromatic rings. The summed E-state index contributed by atoms with van der Waals surface area (Å²) in [6.45, 7) is 4.33. The monoisotopic (exact) mass is 219 g/mol. The molecule has 0 unspecified atom stereocenters. The Morgan fingerprint density at radius 3 is 2.19 bits per heavy atom. The number of nitrogens with two attached hydrogens (primary N) is 1. The van der Waals surface area contributed by atoms with Gasteiger partial charge in [0.05, 0.1) is 12.7 Å². The Balaban J connectivity index is 2.18. The van der Waals surface area contributed by atoms with Crippen molar-refractivity contribution in [3.05, 3.63) is 35.4 Å². The van der Waals surface area contributed by atoms with E-state index < -0.39 is 0 Å². The van der Waals surface area contributed by atoms with Crippen molar-refractivity contribution in [1.29, 1.82) is 0 Å². The quantitative estimate of drug-likeness (QED) is 0.773. The van der Waals surface area contributed by atoms with Gasteiger partial charge in [-0.25, -0.2) is 4.79 Å². The van der Waals surface area contributed by atoms with Gasteiger partial charge in [0.25, 0.3) is 0 Å². The van der Waals surface area contributed by atoms with Gasteiger partial charge in [0.2, 0.25) is 0 Å². The van der Waals surface area contributed by atoms with Crippen LogP contribution in [0.5, 0.6) is 0 Å². The molecule has 1 aliphatic carbocycles. The standard InChI is InChI=1S/C13H17NO2/c1-13(2)10(11(13)14)8-4-6-9(7-5-8)12(15)16-3/h4-7,10-11H,14H2,1-3H3/t10-,11-/m1/s1. The van der Waals surface area contributed by atoms with Crippen LogP contribution < -0.4 is 5.73 Å². The van der Waals surface area contributed by atoms with Crippen LogP contribution in [-0.2, 0) is 4.74 Å². The molecule has 16 heavy (non-hydrogen) atoms. The van der Waals surface area contributed by atoms with Gasteiger partial charge in [-0.05, 0) is 23.1 Å². The zero-order valence-corrected chi connectivity index (χ0v) is 9.86. The Morgan fingerprint density at radius 1 is 1.31 bits per heavy atom. The van der Waals surface area contributed by atoms with Gasteiger partial charge in [-0.2, -0.15) is 0 Å². The van der Waals surface area contributed by atoms with E-state index in [1.807, 2.05) is 12.1 Å². The third kappa shape index (κ3) is 1.61. The molecule has 0 amide bonds. The fraction of sp³-hybridized carbons (Fsp3) is 0.462. The number of hydrogen-bond donors (Lipinski definition) is 1. The lowest BCUT2D eigenvalue weighted by Crippen LogP contribution is -2.06. The number of carbonyl (C=O) groups excluding carboxylic acids is 1. The lowest BCUT2D eigenvalue weighted by molar-refractivity contribution is 0.0600. The molecule has 0 spiro atoms. The molecule has 0 saturated heterocycles. The highest BCUT2D eigenvalue weighted by atomic mass is 16.5. The van der Waals surface area contributed by atoms with Crippen LogP contribution in [0, 0.1) is 5.41 Å². The van der Waals surface area contributed by atoms with E-state index in [-0.39, 0.29) is 17.4 Å². The summed E-state index contributed by atoms with van der Waals surface area (Å²) >= 11 is 0. The topological polar surface area (TPSA) is 52.3 Å². The molecule has 0 radical (unpaired) electrons. The number of carbonyl (C=O) groups is 1. The van der Waals surface area contributed by atoms with Crippen LogP contribution in [0.4, 0.5) is 0 Å². The summed E-state index contributed by atoms with van der Waals surface area (Å²) in [5.74, 6) is 0.102. The molecular formula is C13H17NO2. The number of hydrogen-bond acceptors (Lipinski definition) is 3. The summed E-state index contributed by atoms with van der Waals surface area (Å²) in [5, 5.41) is 0. The van der Waals surface area contributed by atoms with Gasteiger partial charge in [0.15, 0.2) is 0 Å². The summed E-state index contributed by atoms with van der Waals surface area (Å²) < 4.78 is 4.65. The maximum absolute atomic E-state index is 11.3. The molecule has 1 aromatic carbocycles. The number of benzene rings is 1. The van der Waals surface area contributed by atoms with Crippen molar-refractivity contribution in [3.63, 3.8) is 0 Å². The van der Waals surface area contributed by atoms with Gasteiger partial charge in [-0.15, -0.1) is 0 Å². The smallest absolute Gasteiger partial charge is 0.337 e. The van der Waals surface area contributed by atoms with Gasteiger partial charge in [0, 0.05) is 12.0 Å². The number of rotatable bonds is 2. The molecule has 2 N–H and O–H groups in total. The maximum atomic E-state index is 11.3. The normalized spacial score (nSPS) is 26.2. The predicted molar refractivity (Wildman–Crippen MR) is 62.3 cm³/mol. The second kappa shape index (κ2) is 3.59. The molecule has 1 fully saturated rings.